The number of hydrogen-bond acceptors (Lipinski definition) is 2. The van der Waals surface area contributed by atoms with Crippen molar-refractivity contribution in [3.63, 3.8) is 0 Å². The number of phenols is 1. The predicted molar refractivity (Wildman–Crippen MR) is 56.9 cm³/mol. The van der Waals surface area contributed by atoms with Crippen molar-refractivity contribution in [3.8, 4) is 5.75 Å². The molecule has 0 heterocycles. The highest BCUT2D eigenvalue weighted by Crippen LogP contribution is 2.32. The minimum absolute atomic E-state index is 0.00519. The van der Waals surface area contributed by atoms with Crippen molar-refractivity contribution in [2.45, 2.75) is 26.2 Å². The van der Waals surface area contributed by atoms with Crippen LogP contribution in [0, 0.1) is 6.92 Å². The van der Waals surface area contributed by atoms with Crippen LogP contribution in [0.3, 0.4) is 0 Å². The predicted octanol–water partition coefficient (Wildman–Crippen LogP) is 3.05. The maximum absolute atomic E-state index is 10.3. The smallest absolute Gasteiger partial charge is 0.120 e. The van der Waals surface area contributed by atoms with Crippen LogP contribution in [0.25, 0.3) is 0 Å². The molecule has 0 saturated heterocycles. The molecule has 1 rings (SSSR count). The Morgan fingerprint density at radius 1 is 1.57 bits per heavy atom. The maximum Gasteiger partial charge on any atom is 0.120 e. The molecule has 1 aromatic carbocycles. The van der Waals surface area contributed by atoms with Gasteiger partial charge in [0.15, 0.2) is 0 Å². The van der Waals surface area contributed by atoms with Gasteiger partial charge in [0.2, 0.25) is 0 Å². The van der Waals surface area contributed by atoms with E-state index in [1.807, 2.05) is 13.8 Å². The van der Waals surface area contributed by atoms with Gasteiger partial charge in [-0.25, -0.2) is 0 Å². The zero-order valence-corrected chi connectivity index (χ0v) is 9.01. The fourth-order valence-corrected chi connectivity index (χ4v) is 1.52. The van der Waals surface area contributed by atoms with Crippen LogP contribution in [0.5, 0.6) is 5.75 Å². The summed E-state index contributed by atoms with van der Waals surface area (Å²) < 4.78 is 0. The molecule has 0 saturated carbocycles. The first-order valence-electron chi connectivity index (χ1n) is 4.49. The number of rotatable bonds is 3. The molecular formula is C11H13ClO2. The standard InChI is InChI=1S/C11H13ClO2/c1-7(3-4-13)9-6-10(12)8(2)5-11(9)14/h4-7,14H,3H2,1-2H3. The van der Waals surface area contributed by atoms with Gasteiger partial charge in [-0.15, -0.1) is 0 Å². The van der Waals surface area contributed by atoms with E-state index in [-0.39, 0.29) is 11.7 Å². The second-order valence-corrected chi connectivity index (χ2v) is 3.87. The van der Waals surface area contributed by atoms with E-state index in [1.54, 1.807) is 12.1 Å². The highest BCUT2D eigenvalue weighted by Gasteiger charge is 2.11. The molecule has 0 amide bonds. The second kappa shape index (κ2) is 4.47. The van der Waals surface area contributed by atoms with Crippen molar-refractivity contribution in [1.29, 1.82) is 0 Å². The van der Waals surface area contributed by atoms with E-state index in [4.69, 9.17) is 11.6 Å². The van der Waals surface area contributed by atoms with Crippen LogP contribution >= 0.6 is 11.6 Å². The van der Waals surface area contributed by atoms with Crippen molar-refractivity contribution >= 4 is 17.9 Å². The van der Waals surface area contributed by atoms with Gasteiger partial charge in [0.05, 0.1) is 0 Å². The third-order valence-electron chi connectivity index (χ3n) is 2.29. The fourth-order valence-electron chi connectivity index (χ4n) is 1.35. The lowest BCUT2D eigenvalue weighted by Crippen LogP contribution is -1.95. The number of phenolic OH excluding ortho intramolecular Hbond substituents is 1. The first kappa shape index (κ1) is 11.1. The minimum Gasteiger partial charge on any atom is -0.508 e. The van der Waals surface area contributed by atoms with Gasteiger partial charge in [0, 0.05) is 11.4 Å². The van der Waals surface area contributed by atoms with Gasteiger partial charge >= 0.3 is 0 Å². The number of aldehydes is 1. The molecule has 0 radical (unpaired) electrons. The van der Waals surface area contributed by atoms with E-state index in [1.165, 1.54) is 0 Å². The van der Waals surface area contributed by atoms with Crippen molar-refractivity contribution < 1.29 is 9.90 Å². The topological polar surface area (TPSA) is 37.3 Å². The molecule has 1 aromatic rings. The van der Waals surface area contributed by atoms with Crippen LogP contribution in [0.15, 0.2) is 12.1 Å². The van der Waals surface area contributed by atoms with Crippen molar-refractivity contribution in [1.82, 2.24) is 0 Å². The molecule has 3 heteroatoms. The average Bonchev–Trinajstić information content (AvgIpc) is 2.11. The van der Waals surface area contributed by atoms with E-state index in [0.29, 0.717) is 11.4 Å². The molecule has 2 nitrogen and oxygen atoms in total. The summed E-state index contributed by atoms with van der Waals surface area (Å²) >= 11 is 5.93. The van der Waals surface area contributed by atoms with Crippen LogP contribution in [-0.2, 0) is 4.79 Å². The highest BCUT2D eigenvalue weighted by atomic mass is 35.5. The molecule has 0 spiro atoms. The number of hydrogen-bond donors (Lipinski definition) is 1. The molecule has 0 aliphatic rings. The van der Waals surface area contributed by atoms with E-state index in [9.17, 15) is 9.90 Å². The molecular weight excluding hydrogens is 200 g/mol. The summed E-state index contributed by atoms with van der Waals surface area (Å²) in [6.07, 6.45) is 1.24. The van der Waals surface area contributed by atoms with Gasteiger partial charge in [-0.1, -0.05) is 18.5 Å². The van der Waals surface area contributed by atoms with Crippen LogP contribution in [-0.4, -0.2) is 11.4 Å². The maximum atomic E-state index is 10.3. The summed E-state index contributed by atoms with van der Waals surface area (Å²) in [6.45, 7) is 3.71. The van der Waals surface area contributed by atoms with Crippen LogP contribution < -0.4 is 0 Å². The Hall–Kier alpha value is -1.02. The normalized spacial score (nSPS) is 12.5. The van der Waals surface area contributed by atoms with E-state index >= 15 is 0 Å². The quantitative estimate of drug-likeness (QED) is 0.782. The third-order valence-corrected chi connectivity index (χ3v) is 2.70. The Morgan fingerprint density at radius 2 is 2.21 bits per heavy atom. The van der Waals surface area contributed by atoms with Gasteiger partial charge < -0.3 is 9.90 Å². The van der Waals surface area contributed by atoms with Crippen LogP contribution in [0.2, 0.25) is 5.02 Å². The van der Waals surface area contributed by atoms with Crippen LogP contribution in [0.1, 0.15) is 30.4 Å². The monoisotopic (exact) mass is 212 g/mol. The average molecular weight is 213 g/mol. The summed E-state index contributed by atoms with van der Waals surface area (Å²) in [5.41, 5.74) is 1.57. The minimum atomic E-state index is 0.00519. The van der Waals surface area contributed by atoms with Gasteiger partial charge in [0.25, 0.3) is 0 Å². The van der Waals surface area contributed by atoms with Crippen molar-refractivity contribution in [2.75, 3.05) is 0 Å². The van der Waals surface area contributed by atoms with Crippen molar-refractivity contribution in [2.24, 2.45) is 0 Å². The first-order chi connectivity index (χ1) is 6.56. The summed E-state index contributed by atoms with van der Waals surface area (Å²) in [7, 11) is 0. The molecule has 1 N–H and O–H groups in total. The molecule has 0 aliphatic heterocycles. The van der Waals surface area contributed by atoms with Crippen molar-refractivity contribution in [3.05, 3.63) is 28.3 Å². The zero-order valence-electron chi connectivity index (χ0n) is 8.25. The Balaban J connectivity index is 3.08. The van der Waals surface area contributed by atoms with Gasteiger partial charge in [-0.05, 0) is 36.1 Å². The molecule has 1 atom stereocenters. The molecule has 0 fully saturated rings. The number of halogens is 1. The summed E-state index contributed by atoms with van der Waals surface area (Å²) in [4.78, 5) is 10.3. The van der Waals surface area contributed by atoms with E-state index in [0.717, 1.165) is 17.4 Å². The number of benzene rings is 1. The Bertz CT molecular complexity index is 347. The van der Waals surface area contributed by atoms with Crippen LogP contribution in [0.4, 0.5) is 0 Å². The van der Waals surface area contributed by atoms with E-state index in [2.05, 4.69) is 0 Å². The van der Waals surface area contributed by atoms with Gasteiger partial charge in [-0.3, -0.25) is 0 Å². The molecule has 1 unspecified atom stereocenters. The molecule has 0 bridgehead atoms. The SMILES string of the molecule is Cc1cc(O)c(C(C)CC=O)cc1Cl. The number of aryl methyl sites for hydroxylation is 1. The lowest BCUT2D eigenvalue weighted by atomic mass is 9.96. The van der Waals surface area contributed by atoms with E-state index < -0.39 is 0 Å². The number of carbonyl (C=O) groups is 1. The molecule has 76 valence electrons. The molecule has 0 aliphatic carbocycles. The third kappa shape index (κ3) is 2.26. The zero-order chi connectivity index (χ0) is 10.7. The van der Waals surface area contributed by atoms with Gasteiger partial charge in [-0.2, -0.15) is 0 Å². The number of carbonyl (C=O) groups excluding carboxylic acids is 1. The summed E-state index contributed by atoms with van der Waals surface area (Å²) in [5, 5.41) is 10.3. The molecule has 0 aromatic heterocycles. The summed E-state index contributed by atoms with van der Waals surface area (Å²) in [6, 6.07) is 3.35. The second-order valence-electron chi connectivity index (χ2n) is 3.46. The van der Waals surface area contributed by atoms with Gasteiger partial charge in [0.1, 0.15) is 12.0 Å². The summed E-state index contributed by atoms with van der Waals surface area (Å²) in [5.74, 6) is 0.215. The highest BCUT2D eigenvalue weighted by molar-refractivity contribution is 6.31. The molecule has 14 heavy (non-hydrogen) atoms. The Kier molecular flexibility index (Phi) is 3.53. The first-order valence-corrected chi connectivity index (χ1v) is 4.86. The largest absolute Gasteiger partial charge is 0.508 e. The number of aromatic hydroxyl groups is 1. The Morgan fingerprint density at radius 3 is 2.79 bits per heavy atom. The Labute approximate surface area is 88.5 Å². The fraction of sp³-hybridized carbons (Fsp3) is 0.364. The lowest BCUT2D eigenvalue weighted by Gasteiger charge is -2.12. The lowest BCUT2D eigenvalue weighted by molar-refractivity contribution is -0.108.